The molecule has 3 aromatic rings. The smallest absolute Gasteiger partial charge is 0.138 e. The quantitative estimate of drug-likeness (QED) is 0.585. The van der Waals surface area contributed by atoms with E-state index in [1.807, 2.05) is 18.3 Å². The Labute approximate surface area is 207 Å². The fourth-order valence-corrected chi connectivity index (χ4v) is 6.11. The molecule has 3 aromatic heterocycles. The lowest BCUT2D eigenvalue weighted by molar-refractivity contribution is 0.108. The van der Waals surface area contributed by atoms with Gasteiger partial charge in [0.05, 0.1) is 40.8 Å². The van der Waals surface area contributed by atoms with E-state index in [0.717, 1.165) is 73.7 Å². The maximum Gasteiger partial charge on any atom is 0.138 e. The van der Waals surface area contributed by atoms with E-state index in [-0.39, 0.29) is 18.7 Å². The highest BCUT2D eigenvalue weighted by Gasteiger charge is 2.35. The van der Waals surface area contributed by atoms with Crippen molar-refractivity contribution in [2.24, 2.45) is 0 Å². The summed E-state index contributed by atoms with van der Waals surface area (Å²) in [5.74, 6) is 1.13. The number of halogens is 1. The Hall–Kier alpha value is -2.19. The van der Waals surface area contributed by atoms with Crippen LogP contribution in [-0.2, 0) is 6.61 Å². The van der Waals surface area contributed by atoms with Gasteiger partial charge in [0.2, 0.25) is 0 Å². The predicted octanol–water partition coefficient (Wildman–Crippen LogP) is 4.30. The van der Waals surface area contributed by atoms with Crippen LogP contribution in [0.3, 0.4) is 0 Å². The molecule has 2 aliphatic rings. The van der Waals surface area contributed by atoms with Gasteiger partial charge in [-0.2, -0.15) is 0 Å². The topological polar surface area (TPSA) is 60.1 Å². The highest BCUT2D eigenvalue weighted by molar-refractivity contribution is 6.31. The molecule has 5 heterocycles. The Balaban J connectivity index is 1.50. The molecular formula is C26H35ClN6O. The van der Waals surface area contributed by atoms with Crippen molar-refractivity contribution in [1.29, 1.82) is 0 Å². The summed E-state index contributed by atoms with van der Waals surface area (Å²) >= 11 is 6.52. The maximum atomic E-state index is 10.5. The second-order valence-electron chi connectivity index (χ2n) is 9.86. The van der Waals surface area contributed by atoms with Crippen molar-refractivity contribution in [3.05, 3.63) is 58.6 Å². The number of fused-ring (bicyclic) bond motifs is 1. The normalized spacial score (nSPS) is 22.7. The largest absolute Gasteiger partial charge is 0.390 e. The highest BCUT2D eigenvalue weighted by Crippen LogP contribution is 2.42. The minimum absolute atomic E-state index is 0.0406. The van der Waals surface area contributed by atoms with Gasteiger partial charge in [0.25, 0.3) is 0 Å². The van der Waals surface area contributed by atoms with Crippen LogP contribution in [0.1, 0.15) is 61.3 Å². The Morgan fingerprint density at radius 2 is 1.76 bits per heavy atom. The third-order valence-corrected chi connectivity index (χ3v) is 8.09. The first kappa shape index (κ1) is 23.5. The molecule has 2 saturated heterocycles. The minimum atomic E-state index is -0.0406. The van der Waals surface area contributed by atoms with Gasteiger partial charge in [-0.3, -0.25) is 14.3 Å². The van der Waals surface area contributed by atoms with Crippen molar-refractivity contribution in [3.63, 3.8) is 0 Å². The first-order valence-corrected chi connectivity index (χ1v) is 12.7. The molecule has 0 aliphatic carbocycles. The van der Waals surface area contributed by atoms with Crippen molar-refractivity contribution in [3.8, 4) is 0 Å². The summed E-state index contributed by atoms with van der Waals surface area (Å²) in [6, 6.07) is 10.9. The van der Waals surface area contributed by atoms with E-state index in [2.05, 4.69) is 63.4 Å². The highest BCUT2D eigenvalue weighted by atomic mass is 35.5. The average molecular weight is 483 g/mol. The Kier molecular flexibility index (Phi) is 6.80. The van der Waals surface area contributed by atoms with Gasteiger partial charge in [0.15, 0.2) is 0 Å². The number of hydrogen-bond acceptors (Lipinski definition) is 6. The summed E-state index contributed by atoms with van der Waals surface area (Å²) in [6.07, 6.45) is 7.16. The summed E-state index contributed by atoms with van der Waals surface area (Å²) < 4.78 is 2.18. The number of likely N-dealkylation sites (tertiary alicyclic amines) is 1. The van der Waals surface area contributed by atoms with Gasteiger partial charge in [-0.15, -0.1) is 0 Å². The monoisotopic (exact) mass is 482 g/mol. The van der Waals surface area contributed by atoms with Crippen LogP contribution in [0, 0.1) is 0 Å². The first-order valence-electron chi connectivity index (χ1n) is 12.3. The second kappa shape index (κ2) is 9.82. The van der Waals surface area contributed by atoms with Crippen LogP contribution in [0.4, 0.5) is 5.82 Å². The lowest BCUT2D eigenvalue weighted by Crippen LogP contribution is -2.42. The van der Waals surface area contributed by atoms with Crippen molar-refractivity contribution in [2.45, 2.75) is 56.8 Å². The molecule has 34 heavy (non-hydrogen) atoms. The molecule has 0 amide bonds. The standard InChI is InChI=1S/C26H35ClN6O/c1-30(2)18-12-15-32(16-13-18)24-11-5-10-23-29-26(22(17-34)33(23)24)21-9-4-8-20(31(21)3)25-19(27)7-6-14-28-25/h5-7,10-11,14,18,20-21,34H,4,8-9,12-13,15-17H2,1-3H3/t20-,21+/m0/s1. The number of pyridine rings is 2. The third kappa shape index (κ3) is 4.19. The molecule has 0 bridgehead atoms. The van der Waals surface area contributed by atoms with Crippen LogP contribution >= 0.6 is 11.6 Å². The molecule has 2 aliphatic heterocycles. The van der Waals surface area contributed by atoms with Gasteiger partial charge >= 0.3 is 0 Å². The number of aliphatic hydroxyl groups excluding tert-OH is 1. The van der Waals surface area contributed by atoms with Gasteiger partial charge in [0.1, 0.15) is 11.5 Å². The second-order valence-corrected chi connectivity index (χ2v) is 10.3. The molecule has 8 heteroatoms. The van der Waals surface area contributed by atoms with E-state index < -0.39 is 0 Å². The van der Waals surface area contributed by atoms with Crippen molar-refractivity contribution in [2.75, 3.05) is 39.1 Å². The summed E-state index contributed by atoms with van der Waals surface area (Å²) in [5, 5.41) is 11.3. The number of nitrogens with zero attached hydrogens (tertiary/aromatic N) is 6. The van der Waals surface area contributed by atoms with Crippen molar-refractivity contribution in [1.82, 2.24) is 24.2 Å². The number of piperidine rings is 2. The predicted molar refractivity (Wildman–Crippen MR) is 136 cm³/mol. The zero-order chi connectivity index (χ0) is 23.8. The lowest BCUT2D eigenvalue weighted by Gasteiger charge is -2.39. The number of hydrogen-bond donors (Lipinski definition) is 1. The van der Waals surface area contributed by atoms with Crippen molar-refractivity contribution < 1.29 is 5.11 Å². The number of imidazole rings is 1. The molecule has 2 atom stereocenters. The van der Waals surface area contributed by atoms with Gasteiger partial charge in [-0.25, -0.2) is 4.98 Å². The molecule has 1 N–H and O–H groups in total. The zero-order valence-electron chi connectivity index (χ0n) is 20.4. The molecule has 0 radical (unpaired) electrons. The summed E-state index contributed by atoms with van der Waals surface area (Å²) in [7, 11) is 6.47. The Bertz CT molecular complexity index is 1140. The molecule has 5 rings (SSSR count). The molecule has 2 fully saturated rings. The SMILES string of the molecule is CN(C)C1CCN(c2cccc3nc([C@H]4CCC[C@@H](c5ncccc5Cl)N4C)c(CO)n23)CC1. The molecule has 7 nitrogen and oxygen atoms in total. The zero-order valence-corrected chi connectivity index (χ0v) is 21.1. The van der Waals surface area contributed by atoms with E-state index in [0.29, 0.717) is 11.1 Å². The minimum Gasteiger partial charge on any atom is -0.390 e. The van der Waals surface area contributed by atoms with Crippen LogP contribution in [0.2, 0.25) is 5.02 Å². The fraction of sp³-hybridized carbons (Fsp3) is 0.538. The molecule has 182 valence electrons. The van der Waals surface area contributed by atoms with Crippen LogP contribution in [0.15, 0.2) is 36.5 Å². The van der Waals surface area contributed by atoms with Crippen LogP contribution in [0.5, 0.6) is 0 Å². The lowest BCUT2D eigenvalue weighted by atomic mass is 9.91. The Morgan fingerprint density at radius 3 is 2.44 bits per heavy atom. The van der Waals surface area contributed by atoms with E-state index in [1.54, 1.807) is 0 Å². The first-order chi connectivity index (χ1) is 16.5. The van der Waals surface area contributed by atoms with E-state index in [1.165, 1.54) is 0 Å². The van der Waals surface area contributed by atoms with E-state index in [4.69, 9.17) is 16.6 Å². The number of anilines is 1. The van der Waals surface area contributed by atoms with Crippen LogP contribution in [0.25, 0.3) is 5.65 Å². The average Bonchev–Trinajstić information content (AvgIpc) is 3.23. The molecule has 0 spiro atoms. The Morgan fingerprint density at radius 1 is 1.03 bits per heavy atom. The van der Waals surface area contributed by atoms with Crippen molar-refractivity contribution >= 4 is 23.1 Å². The molecule has 0 saturated carbocycles. The van der Waals surface area contributed by atoms with Crippen LogP contribution < -0.4 is 4.90 Å². The fourth-order valence-electron chi connectivity index (χ4n) is 5.86. The summed E-state index contributed by atoms with van der Waals surface area (Å²) in [6.45, 7) is 1.97. The van der Waals surface area contributed by atoms with E-state index >= 15 is 0 Å². The maximum absolute atomic E-state index is 10.5. The van der Waals surface area contributed by atoms with Crippen LogP contribution in [-0.4, -0.2) is 69.5 Å². The summed E-state index contributed by atoms with van der Waals surface area (Å²) in [5.41, 5.74) is 3.69. The number of aromatic nitrogens is 3. The van der Waals surface area contributed by atoms with Gasteiger partial charge < -0.3 is 14.9 Å². The molecule has 0 aromatic carbocycles. The summed E-state index contributed by atoms with van der Waals surface area (Å²) in [4.78, 5) is 16.8. The molecular weight excluding hydrogens is 448 g/mol. The van der Waals surface area contributed by atoms with E-state index in [9.17, 15) is 5.11 Å². The number of aliphatic hydroxyl groups is 1. The van der Waals surface area contributed by atoms with Gasteiger partial charge in [-0.05, 0) is 77.5 Å². The number of rotatable bonds is 5. The van der Waals surface area contributed by atoms with Gasteiger partial charge in [-0.1, -0.05) is 17.7 Å². The third-order valence-electron chi connectivity index (χ3n) is 7.77. The molecule has 0 unspecified atom stereocenters. The van der Waals surface area contributed by atoms with Gasteiger partial charge in [0, 0.05) is 25.3 Å².